The molecule has 1 aliphatic rings. The van der Waals surface area contributed by atoms with Crippen molar-refractivity contribution in [2.45, 2.75) is 25.6 Å². The third-order valence-electron chi connectivity index (χ3n) is 3.17. The van der Waals surface area contributed by atoms with Crippen LogP contribution in [0.3, 0.4) is 0 Å². The van der Waals surface area contributed by atoms with Gasteiger partial charge in [-0.05, 0) is 6.92 Å². The SMILES string of the molecule is COCCNCc1nnc(N2CC(CO)OCC2C)o1. The summed E-state index contributed by atoms with van der Waals surface area (Å²) in [4.78, 5) is 1.97. The maximum atomic E-state index is 9.17. The van der Waals surface area contributed by atoms with Gasteiger partial charge in [0.25, 0.3) is 0 Å². The fraction of sp³-hybridized carbons (Fsp3) is 0.833. The van der Waals surface area contributed by atoms with Crippen LogP contribution in [0.1, 0.15) is 12.8 Å². The maximum Gasteiger partial charge on any atom is 0.318 e. The predicted octanol–water partition coefficient (Wildman–Crippen LogP) is -0.608. The molecule has 0 saturated carbocycles. The summed E-state index contributed by atoms with van der Waals surface area (Å²) in [6.45, 7) is 4.98. The Bertz CT molecular complexity index is 401. The average Bonchev–Trinajstić information content (AvgIpc) is 2.93. The number of aliphatic hydroxyl groups excluding tert-OH is 1. The van der Waals surface area contributed by atoms with Crippen molar-refractivity contribution >= 4 is 6.01 Å². The second-order valence-corrected chi connectivity index (χ2v) is 4.79. The van der Waals surface area contributed by atoms with Gasteiger partial charge < -0.3 is 29.2 Å². The molecule has 1 fully saturated rings. The first-order chi connectivity index (χ1) is 9.74. The van der Waals surface area contributed by atoms with Crippen molar-refractivity contribution in [1.29, 1.82) is 0 Å². The van der Waals surface area contributed by atoms with Gasteiger partial charge in [-0.15, -0.1) is 5.10 Å². The largest absolute Gasteiger partial charge is 0.407 e. The highest BCUT2D eigenvalue weighted by molar-refractivity contribution is 5.27. The van der Waals surface area contributed by atoms with E-state index in [2.05, 4.69) is 15.5 Å². The van der Waals surface area contributed by atoms with Gasteiger partial charge in [-0.2, -0.15) is 0 Å². The molecule has 2 atom stereocenters. The Morgan fingerprint density at radius 3 is 3.10 bits per heavy atom. The highest BCUT2D eigenvalue weighted by Gasteiger charge is 2.29. The highest BCUT2D eigenvalue weighted by Crippen LogP contribution is 2.20. The second kappa shape index (κ2) is 7.53. The van der Waals surface area contributed by atoms with E-state index in [-0.39, 0.29) is 18.8 Å². The van der Waals surface area contributed by atoms with Crippen molar-refractivity contribution in [3.63, 3.8) is 0 Å². The van der Waals surface area contributed by atoms with Crippen LogP contribution in [-0.2, 0) is 16.0 Å². The summed E-state index contributed by atoms with van der Waals surface area (Å²) in [5, 5.41) is 20.4. The molecule has 8 heteroatoms. The minimum Gasteiger partial charge on any atom is -0.407 e. The second-order valence-electron chi connectivity index (χ2n) is 4.79. The van der Waals surface area contributed by atoms with Gasteiger partial charge in [0.05, 0.1) is 45.1 Å². The quantitative estimate of drug-likeness (QED) is 0.641. The molecule has 0 aromatic carbocycles. The first kappa shape index (κ1) is 15.2. The minimum absolute atomic E-state index is 0.0111. The molecule has 0 aliphatic carbocycles. The number of hydrogen-bond donors (Lipinski definition) is 2. The standard InChI is InChI=1S/C12H22N4O4/c1-9-8-19-10(7-17)6-16(9)12-15-14-11(20-12)5-13-3-4-18-2/h9-10,13,17H,3-8H2,1-2H3. The monoisotopic (exact) mass is 286 g/mol. The Morgan fingerprint density at radius 2 is 2.35 bits per heavy atom. The normalized spacial score (nSPS) is 23.2. The molecule has 2 N–H and O–H groups in total. The molecule has 2 rings (SSSR count). The number of ether oxygens (including phenoxy) is 2. The number of rotatable bonds is 7. The van der Waals surface area contributed by atoms with Crippen molar-refractivity contribution in [3.05, 3.63) is 5.89 Å². The molecule has 1 saturated heterocycles. The third-order valence-corrected chi connectivity index (χ3v) is 3.17. The first-order valence-corrected chi connectivity index (χ1v) is 6.75. The van der Waals surface area contributed by atoms with Crippen molar-refractivity contribution in [3.8, 4) is 0 Å². The molecule has 20 heavy (non-hydrogen) atoms. The lowest BCUT2D eigenvalue weighted by Gasteiger charge is -2.35. The molecule has 1 aromatic heterocycles. The lowest BCUT2D eigenvalue weighted by Crippen LogP contribution is -2.49. The fourth-order valence-corrected chi connectivity index (χ4v) is 2.00. The number of aromatic nitrogens is 2. The topological polar surface area (TPSA) is 92.9 Å². The Labute approximate surface area is 118 Å². The summed E-state index contributed by atoms with van der Waals surface area (Å²) in [5.41, 5.74) is 0. The Hall–Kier alpha value is -1.22. The van der Waals surface area contributed by atoms with Crippen LogP contribution < -0.4 is 10.2 Å². The summed E-state index contributed by atoms with van der Waals surface area (Å²) in [7, 11) is 1.66. The van der Waals surface area contributed by atoms with E-state index in [9.17, 15) is 5.11 Å². The fourth-order valence-electron chi connectivity index (χ4n) is 2.00. The average molecular weight is 286 g/mol. The molecule has 1 aromatic rings. The van der Waals surface area contributed by atoms with Crippen molar-refractivity contribution in [1.82, 2.24) is 15.5 Å². The molecule has 114 valence electrons. The molecule has 0 spiro atoms. The lowest BCUT2D eigenvalue weighted by molar-refractivity contribution is -0.0118. The van der Waals surface area contributed by atoms with Gasteiger partial charge in [0.15, 0.2) is 0 Å². The highest BCUT2D eigenvalue weighted by atomic mass is 16.5. The molecule has 2 unspecified atom stereocenters. The van der Waals surface area contributed by atoms with E-state index in [0.717, 1.165) is 6.54 Å². The summed E-state index contributed by atoms with van der Waals surface area (Å²) < 4.78 is 16.1. The van der Waals surface area contributed by atoms with Gasteiger partial charge >= 0.3 is 6.01 Å². The molecule has 8 nitrogen and oxygen atoms in total. The summed E-state index contributed by atoms with van der Waals surface area (Å²) in [6.07, 6.45) is -0.207. The van der Waals surface area contributed by atoms with Gasteiger partial charge in [0.2, 0.25) is 5.89 Å². The zero-order chi connectivity index (χ0) is 14.4. The van der Waals surface area contributed by atoms with Crippen LogP contribution in [0.4, 0.5) is 6.01 Å². The number of aliphatic hydroxyl groups is 1. The van der Waals surface area contributed by atoms with E-state index in [4.69, 9.17) is 13.9 Å². The van der Waals surface area contributed by atoms with Gasteiger partial charge in [-0.1, -0.05) is 5.10 Å². The Kier molecular flexibility index (Phi) is 5.72. The minimum atomic E-state index is -0.207. The van der Waals surface area contributed by atoms with Crippen LogP contribution in [0.15, 0.2) is 4.42 Å². The molecule has 0 bridgehead atoms. The Morgan fingerprint density at radius 1 is 1.50 bits per heavy atom. The van der Waals surface area contributed by atoms with E-state index >= 15 is 0 Å². The van der Waals surface area contributed by atoms with E-state index in [1.807, 2.05) is 11.8 Å². The molecule has 1 aliphatic heterocycles. The predicted molar refractivity (Wildman–Crippen MR) is 71.5 cm³/mol. The number of morpholine rings is 1. The van der Waals surface area contributed by atoms with Crippen molar-refractivity contribution in [2.24, 2.45) is 0 Å². The number of anilines is 1. The molecule has 0 radical (unpaired) electrons. The van der Waals surface area contributed by atoms with Gasteiger partial charge in [-0.25, -0.2) is 0 Å². The van der Waals surface area contributed by atoms with Gasteiger partial charge in [-0.3, -0.25) is 0 Å². The Balaban J connectivity index is 1.89. The summed E-state index contributed by atoms with van der Waals surface area (Å²) in [5.74, 6) is 0.537. The number of nitrogens with zero attached hydrogens (tertiary/aromatic N) is 3. The lowest BCUT2D eigenvalue weighted by atomic mass is 10.2. The zero-order valence-corrected chi connectivity index (χ0v) is 11.9. The van der Waals surface area contributed by atoms with Gasteiger partial charge in [0.1, 0.15) is 0 Å². The van der Waals surface area contributed by atoms with Crippen LogP contribution in [0, 0.1) is 0 Å². The van der Waals surface area contributed by atoms with E-state index < -0.39 is 0 Å². The molecule has 2 heterocycles. The summed E-state index contributed by atoms with van der Waals surface area (Å²) >= 11 is 0. The van der Waals surface area contributed by atoms with Crippen molar-refractivity contribution in [2.75, 3.05) is 44.9 Å². The van der Waals surface area contributed by atoms with Crippen LogP contribution in [0.25, 0.3) is 0 Å². The number of nitrogens with one attached hydrogen (secondary N) is 1. The van der Waals surface area contributed by atoms with Crippen molar-refractivity contribution < 1.29 is 19.0 Å². The third kappa shape index (κ3) is 3.89. The maximum absolute atomic E-state index is 9.17. The molecular weight excluding hydrogens is 264 g/mol. The summed E-state index contributed by atoms with van der Waals surface area (Å²) in [6, 6.07) is 0.621. The van der Waals surface area contributed by atoms with E-state index in [1.165, 1.54) is 0 Å². The molecular formula is C12H22N4O4. The van der Waals surface area contributed by atoms with E-state index in [1.54, 1.807) is 7.11 Å². The van der Waals surface area contributed by atoms with Gasteiger partial charge in [0, 0.05) is 13.7 Å². The number of hydrogen-bond acceptors (Lipinski definition) is 8. The van der Waals surface area contributed by atoms with Crippen LogP contribution >= 0.6 is 0 Å². The smallest absolute Gasteiger partial charge is 0.318 e. The zero-order valence-electron chi connectivity index (χ0n) is 11.9. The van der Waals surface area contributed by atoms with E-state index in [0.29, 0.717) is 38.2 Å². The van der Waals surface area contributed by atoms with Crippen LogP contribution in [-0.4, -0.2) is 67.5 Å². The van der Waals surface area contributed by atoms with Crippen LogP contribution in [0.5, 0.6) is 0 Å². The van der Waals surface area contributed by atoms with Crippen LogP contribution in [0.2, 0.25) is 0 Å². The number of methoxy groups -OCH3 is 1. The molecule has 0 amide bonds. The first-order valence-electron chi connectivity index (χ1n) is 6.75.